The molecule has 85 valence electrons. The normalized spacial score (nSPS) is 16.2. The van der Waals surface area contributed by atoms with Crippen LogP contribution in [0.3, 0.4) is 0 Å². The van der Waals surface area contributed by atoms with Crippen molar-refractivity contribution in [3.8, 4) is 17.2 Å². The third-order valence-electron chi connectivity index (χ3n) is 2.43. The molecule has 0 saturated carbocycles. The zero-order chi connectivity index (χ0) is 11.8. The molecule has 3 nitrogen and oxygen atoms in total. The molecule has 1 aliphatic rings. The first-order chi connectivity index (χ1) is 7.55. The van der Waals surface area contributed by atoms with Crippen LogP contribution in [0.4, 0.5) is 0 Å². The Labute approximate surface area is 95.6 Å². The summed E-state index contributed by atoms with van der Waals surface area (Å²) in [5, 5.41) is 0. The lowest BCUT2D eigenvalue weighted by atomic mass is 10.0. The molecular weight excluding hydrogens is 204 g/mol. The van der Waals surface area contributed by atoms with Crippen molar-refractivity contribution in [2.24, 2.45) is 0 Å². The average Bonchev–Trinajstić information content (AvgIpc) is 2.26. The van der Waals surface area contributed by atoms with Gasteiger partial charge < -0.3 is 14.2 Å². The fourth-order valence-electron chi connectivity index (χ4n) is 1.62. The minimum absolute atomic E-state index is 0.327. The average molecular weight is 219 g/mol. The van der Waals surface area contributed by atoms with E-state index >= 15 is 0 Å². The fraction of sp³-hybridized carbons (Fsp3) is 0.385. The standard InChI is InChI=1S/C13H15O3/c1-13(2)6-5-9-7-11(14-3)12(15-4)8-10(9)16-13/h6-8H,1-4H3. The number of ether oxygens (including phenoxy) is 3. The molecule has 0 spiro atoms. The van der Waals surface area contributed by atoms with Crippen LogP contribution in [0, 0.1) is 6.08 Å². The molecule has 0 amide bonds. The van der Waals surface area contributed by atoms with Crippen LogP contribution >= 0.6 is 0 Å². The van der Waals surface area contributed by atoms with E-state index in [2.05, 4.69) is 6.08 Å². The van der Waals surface area contributed by atoms with Crippen LogP contribution in [0.25, 0.3) is 0 Å². The SMILES string of the molecule is COc1cc2c(cc1OC)OC(C)(C)C=[C]2. The van der Waals surface area contributed by atoms with Gasteiger partial charge in [0.05, 0.1) is 14.2 Å². The molecular formula is C13H15O3. The van der Waals surface area contributed by atoms with Gasteiger partial charge in [-0.2, -0.15) is 0 Å². The van der Waals surface area contributed by atoms with E-state index in [4.69, 9.17) is 14.2 Å². The lowest BCUT2D eigenvalue weighted by Crippen LogP contribution is -2.27. The van der Waals surface area contributed by atoms with E-state index in [9.17, 15) is 0 Å². The summed E-state index contributed by atoms with van der Waals surface area (Å²) in [6.07, 6.45) is 5.10. The quantitative estimate of drug-likeness (QED) is 0.765. The Kier molecular flexibility index (Phi) is 2.54. The van der Waals surface area contributed by atoms with E-state index in [1.165, 1.54) is 0 Å². The molecule has 0 unspecified atom stereocenters. The molecule has 0 saturated heterocycles. The maximum atomic E-state index is 5.81. The van der Waals surface area contributed by atoms with Crippen molar-refractivity contribution in [3.63, 3.8) is 0 Å². The molecule has 1 aromatic carbocycles. The summed E-state index contributed by atoms with van der Waals surface area (Å²) >= 11 is 0. The molecule has 1 aliphatic heterocycles. The lowest BCUT2D eigenvalue weighted by Gasteiger charge is -2.28. The van der Waals surface area contributed by atoms with Crippen molar-refractivity contribution >= 4 is 0 Å². The van der Waals surface area contributed by atoms with Gasteiger partial charge in [-0.25, -0.2) is 0 Å². The number of hydrogen-bond donors (Lipinski definition) is 0. The van der Waals surface area contributed by atoms with Gasteiger partial charge in [0.15, 0.2) is 11.5 Å². The first-order valence-electron chi connectivity index (χ1n) is 5.12. The van der Waals surface area contributed by atoms with Crippen molar-refractivity contribution in [1.82, 2.24) is 0 Å². The van der Waals surface area contributed by atoms with Gasteiger partial charge in [0.25, 0.3) is 0 Å². The van der Waals surface area contributed by atoms with Crippen LogP contribution < -0.4 is 14.2 Å². The number of benzene rings is 1. The summed E-state index contributed by atoms with van der Waals surface area (Å²) in [6, 6.07) is 3.69. The number of methoxy groups -OCH3 is 2. The third kappa shape index (κ3) is 1.85. The molecule has 0 aliphatic carbocycles. The first-order valence-corrected chi connectivity index (χ1v) is 5.12. The summed E-state index contributed by atoms with van der Waals surface area (Å²) in [6.45, 7) is 3.97. The largest absolute Gasteiger partial charge is 0.493 e. The zero-order valence-corrected chi connectivity index (χ0v) is 9.96. The molecule has 3 heteroatoms. The van der Waals surface area contributed by atoms with Gasteiger partial charge in [-0.1, -0.05) is 0 Å². The second kappa shape index (κ2) is 3.74. The monoisotopic (exact) mass is 219 g/mol. The molecule has 0 N–H and O–H groups in total. The smallest absolute Gasteiger partial charge is 0.164 e. The summed E-state index contributed by atoms with van der Waals surface area (Å²) in [5.74, 6) is 2.12. The van der Waals surface area contributed by atoms with Gasteiger partial charge in [-0.3, -0.25) is 0 Å². The third-order valence-corrected chi connectivity index (χ3v) is 2.43. The lowest BCUT2D eigenvalue weighted by molar-refractivity contribution is 0.155. The highest BCUT2D eigenvalue weighted by Crippen LogP contribution is 2.38. The fourth-order valence-corrected chi connectivity index (χ4v) is 1.62. The number of fused-ring (bicyclic) bond motifs is 1. The van der Waals surface area contributed by atoms with Crippen LogP contribution in [-0.2, 0) is 0 Å². The van der Waals surface area contributed by atoms with E-state index in [1.807, 2.05) is 32.1 Å². The second-order valence-electron chi connectivity index (χ2n) is 4.20. The summed E-state index contributed by atoms with van der Waals surface area (Å²) in [7, 11) is 3.22. The highest BCUT2D eigenvalue weighted by molar-refractivity contribution is 5.54. The van der Waals surface area contributed by atoms with Gasteiger partial charge in [-0.15, -0.1) is 0 Å². The summed E-state index contributed by atoms with van der Waals surface area (Å²) in [5.41, 5.74) is 0.559. The topological polar surface area (TPSA) is 27.7 Å². The van der Waals surface area contributed by atoms with E-state index < -0.39 is 0 Å². The van der Waals surface area contributed by atoms with Crippen LogP contribution in [-0.4, -0.2) is 19.8 Å². The molecule has 0 aromatic heterocycles. The number of rotatable bonds is 2. The second-order valence-corrected chi connectivity index (χ2v) is 4.20. The maximum Gasteiger partial charge on any atom is 0.164 e. The Bertz CT molecular complexity index is 433. The van der Waals surface area contributed by atoms with Crippen molar-refractivity contribution in [2.75, 3.05) is 14.2 Å². The summed E-state index contributed by atoms with van der Waals surface area (Å²) < 4.78 is 16.3. The predicted octanol–water partition coefficient (Wildman–Crippen LogP) is 2.58. The molecule has 0 bridgehead atoms. The van der Waals surface area contributed by atoms with Crippen LogP contribution in [0.2, 0.25) is 0 Å². The Hall–Kier alpha value is -1.64. The Morgan fingerprint density at radius 1 is 1.12 bits per heavy atom. The molecule has 2 rings (SSSR count). The van der Waals surface area contributed by atoms with Crippen molar-refractivity contribution < 1.29 is 14.2 Å². The number of hydrogen-bond acceptors (Lipinski definition) is 3. The summed E-state index contributed by atoms with van der Waals surface area (Å²) in [4.78, 5) is 0. The molecule has 0 atom stereocenters. The van der Waals surface area contributed by atoms with E-state index in [1.54, 1.807) is 14.2 Å². The van der Waals surface area contributed by atoms with Crippen LogP contribution in [0.1, 0.15) is 19.4 Å². The highest BCUT2D eigenvalue weighted by atomic mass is 16.5. The Morgan fingerprint density at radius 2 is 1.75 bits per heavy atom. The minimum atomic E-state index is -0.327. The predicted molar refractivity (Wildman–Crippen MR) is 61.2 cm³/mol. The zero-order valence-electron chi connectivity index (χ0n) is 9.96. The van der Waals surface area contributed by atoms with Crippen molar-refractivity contribution in [1.29, 1.82) is 0 Å². The maximum absolute atomic E-state index is 5.81. The molecule has 0 fully saturated rings. The van der Waals surface area contributed by atoms with Crippen molar-refractivity contribution in [2.45, 2.75) is 19.4 Å². The van der Waals surface area contributed by atoms with Gasteiger partial charge >= 0.3 is 0 Å². The first kappa shape index (κ1) is 10.9. The minimum Gasteiger partial charge on any atom is -0.493 e. The van der Waals surface area contributed by atoms with E-state index in [-0.39, 0.29) is 5.60 Å². The molecule has 16 heavy (non-hydrogen) atoms. The van der Waals surface area contributed by atoms with Crippen molar-refractivity contribution in [3.05, 3.63) is 29.8 Å². The van der Waals surface area contributed by atoms with E-state index in [0.717, 1.165) is 11.3 Å². The highest BCUT2D eigenvalue weighted by Gasteiger charge is 2.23. The van der Waals surface area contributed by atoms with Gasteiger partial charge in [-0.05, 0) is 32.1 Å². The Morgan fingerprint density at radius 3 is 2.38 bits per heavy atom. The van der Waals surface area contributed by atoms with Gasteiger partial charge in [0.2, 0.25) is 0 Å². The van der Waals surface area contributed by atoms with Crippen LogP contribution in [0.5, 0.6) is 17.2 Å². The van der Waals surface area contributed by atoms with Crippen LogP contribution in [0.15, 0.2) is 18.2 Å². The molecule has 1 radical (unpaired) electrons. The molecule has 1 heterocycles. The van der Waals surface area contributed by atoms with Gasteiger partial charge in [0, 0.05) is 11.6 Å². The Balaban J connectivity index is 2.49. The van der Waals surface area contributed by atoms with Gasteiger partial charge in [0.1, 0.15) is 11.4 Å². The molecule has 1 aromatic rings. The van der Waals surface area contributed by atoms with E-state index in [0.29, 0.717) is 11.5 Å².